The molecule has 0 spiro atoms. The smallest absolute Gasteiger partial charge is 0.335 e. The molecule has 66 valence electrons. The van der Waals surface area contributed by atoms with E-state index in [9.17, 15) is 4.79 Å². The first-order valence-corrected chi connectivity index (χ1v) is 3.96. The predicted molar refractivity (Wildman–Crippen MR) is 49.5 cm³/mol. The van der Waals surface area contributed by atoms with E-state index in [1.807, 2.05) is 19.9 Å². The first-order valence-electron chi connectivity index (χ1n) is 3.96. The van der Waals surface area contributed by atoms with E-state index in [0.717, 1.165) is 6.42 Å². The number of ether oxygens (including phenoxy) is 1. The molecule has 0 aromatic rings. The van der Waals surface area contributed by atoms with Crippen LogP contribution < -0.4 is 0 Å². The molecular weight excluding hydrogens is 152 g/mol. The van der Waals surface area contributed by atoms with Crippen molar-refractivity contribution in [2.75, 3.05) is 0 Å². The lowest BCUT2D eigenvalue weighted by Crippen LogP contribution is -1.92. The second-order valence-electron chi connectivity index (χ2n) is 2.10. The van der Waals surface area contributed by atoms with Crippen LogP contribution in [0.5, 0.6) is 0 Å². The van der Waals surface area contributed by atoms with E-state index in [1.54, 1.807) is 18.2 Å². The first kappa shape index (κ1) is 10.7. The van der Waals surface area contributed by atoms with Gasteiger partial charge >= 0.3 is 5.97 Å². The fourth-order valence-electron chi connectivity index (χ4n) is 0.496. The molecule has 0 amide bonds. The molecule has 0 aromatic heterocycles. The normalized spacial score (nSPS) is 11.8. The topological polar surface area (TPSA) is 26.3 Å². The SMILES string of the molecule is C/C=C/C=C/C(=O)OC=CCC. The van der Waals surface area contributed by atoms with E-state index in [0.29, 0.717) is 0 Å². The molecule has 0 unspecified atom stereocenters. The van der Waals surface area contributed by atoms with Gasteiger partial charge in [-0.2, -0.15) is 0 Å². The summed E-state index contributed by atoms with van der Waals surface area (Å²) in [6.07, 6.45) is 10.7. The molecule has 12 heavy (non-hydrogen) atoms. The molecule has 2 nitrogen and oxygen atoms in total. The van der Waals surface area contributed by atoms with Gasteiger partial charge < -0.3 is 4.74 Å². The Morgan fingerprint density at radius 2 is 2.17 bits per heavy atom. The van der Waals surface area contributed by atoms with Crippen LogP contribution >= 0.6 is 0 Å². The molecule has 0 N–H and O–H groups in total. The van der Waals surface area contributed by atoms with Crippen molar-refractivity contribution < 1.29 is 9.53 Å². The van der Waals surface area contributed by atoms with Crippen molar-refractivity contribution in [1.29, 1.82) is 0 Å². The number of esters is 1. The van der Waals surface area contributed by atoms with Gasteiger partial charge in [0.25, 0.3) is 0 Å². The molecule has 0 atom stereocenters. The van der Waals surface area contributed by atoms with Crippen LogP contribution in [0.4, 0.5) is 0 Å². The standard InChI is InChI=1S/C10H14O2/c1-3-5-7-8-10(11)12-9-6-4-2/h3,5-9H,4H2,1-2H3/b5-3+,8-7+,9-6?. The maximum atomic E-state index is 10.8. The van der Waals surface area contributed by atoms with Crippen molar-refractivity contribution in [1.82, 2.24) is 0 Å². The van der Waals surface area contributed by atoms with Crippen LogP contribution in [0.3, 0.4) is 0 Å². The minimum absolute atomic E-state index is 0.349. The highest BCUT2D eigenvalue weighted by atomic mass is 16.5. The van der Waals surface area contributed by atoms with Crippen molar-refractivity contribution in [2.24, 2.45) is 0 Å². The Balaban J connectivity index is 3.66. The summed E-state index contributed by atoms with van der Waals surface area (Å²) in [5.41, 5.74) is 0. The zero-order valence-electron chi connectivity index (χ0n) is 7.49. The summed E-state index contributed by atoms with van der Waals surface area (Å²) in [5, 5.41) is 0. The third-order valence-electron chi connectivity index (χ3n) is 1.05. The summed E-state index contributed by atoms with van der Waals surface area (Å²) < 4.78 is 4.69. The fraction of sp³-hybridized carbons (Fsp3) is 0.300. The Hall–Kier alpha value is -1.31. The molecule has 0 saturated heterocycles. The van der Waals surface area contributed by atoms with E-state index >= 15 is 0 Å². The Morgan fingerprint density at radius 1 is 1.42 bits per heavy atom. The number of rotatable bonds is 4. The van der Waals surface area contributed by atoms with Crippen LogP contribution in [-0.4, -0.2) is 5.97 Å². The van der Waals surface area contributed by atoms with Crippen LogP contribution in [-0.2, 0) is 9.53 Å². The summed E-state index contributed by atoms with van der Waals surface area (Å²) in [4.78, 5) is 10.8. The lowest BCUT2D eigenvalue weighted by atomic mass is 10.4. The van der Waals surface area contributed by atoms with Gasteiger partial charge in [0, 0.05) is 6.08 Å². The monoisotopic (exact) mass is 166 g/mol. The molecule has 0 fully saturated rings. The van der Waals surface area contributed by atoms with Crippen molar-refractivity contribution in [3.8, 4) is 0 Å². The van der Waals surface area contributed by atoms with Crippen LogP contribution in [0.15, 0.2) is 36.6 Å². The maximum absolute atomic E-state index is 10.8. The molecule has 0 aliphatic heterocycles. The summed E-state index contributed by atoms with van der Waals surface area (Å²) in [6, 6.07) is 0. The molecule has 0 saturated carbocycles. The second-order valence-corrected chi connectivity index (χ2v) is 2.10. The minimum atomic E-state index is -0.349. The summed E-state index contributed by atoms with van der Waals surface area (Å²) >= 11 is 0. The van der Waals surface area contributed by atoms with Gasteiger partial charge in [0.2, 0.25) is 0 Å². The minimum Gasteiger partial charge on any atom is -0.432 e. The van der Waals surface area contributed by atoms with Crippen LogP contribution in [0.2, 0.25) is 0 Å². The highest BCUT2D eigenvalue weighted by Gasteiger charge is 1.88. The maximum Gasteiger partial charge on any atom is 0.335 e. The third-order valence-corrected chi connectivity index (χ3v) is 1.05. The van der Waals surface area contributed by atoms with Crippen molar-refractivity contribution in [3.63, 3.8) is 0 Å². The van der Waals surface area contributed by atoms with Gasteiger partial charge in [-0.15, -0.1) is 0 Å². The predicted octanol–water partition coefficient (Wildman–Crippen LogP) is 2.59. The van der Waals surface area contributed by atoms with E-state index in [2.05, 4.69) is 4.74 Å². The van der Waals surface area contributed by atoms with Crippen molar-refractivity contribution in [2.45, 2.75) is 20.3 Å². The molecule has 0 rings (SSSR count). The largest absolute Gasteiger partial charge is 0.432 e. The van der Waals surface area contributed by atoms with Gasteiger partial charge in [0.1, 0.15) is 0 Å². The van der Waals surface area contributed by atoms with Crippen molar-refractivity contribution >= 4 is 5.97 Å². The van der Waals surface area contributed by atoms with Crippen molar-refractivity contribution in [3.05, 3.63) is 36.6 Å². The van der Waals surface area contributed by atoms with Gasteiger partial charge in [-0.25, -0.2) is 4.79 Å². The van der Waals surface area contributed by atoms with Crippen LogP contribution in [0.1, 0.15) is 20.3 Å². The molecule has 0 heterocycles. The van der Waals surface area contributed by atoms with E-state index in [-0.39, 0.29) is 5.97 Å². The second kappa shape index (κ2) is 7.79. The van der Waals surface area contributed by atoms with Gasteiger partial charge in [-0.1, -0.05) is 25.2 Å². The Morgan fingerprint density at radius 3 is 2.75 bits per heavy atom. The van der Waals surface area contributed by atoms with Gasteiger partial charge in [0.15, 0.2) is 0 Å². The third kappa shape index (κ3) is 6.81. The summed E-state index contributed by atoms with van der Waals surface area (Å²) in [6.45, 7) is 3.85. The van der Waals surface area contributed by atoms with Crippen LogP contribution in [0.25, 0.3) is 0 Å². The number of hydrogen-bond donors (Lipinski definition) is 0. The van der Waals surface area contributed by atoms with E-state index in [1.165, 1.54) is 12.3 Å². The lowest BCUT2D eigenvalue weighted by molar-refractivity contribution is -0.132. The molecule has 2 heteroatoms. The molecule has 0 aromatic carbocycles. The number of allylic oxidation sites excluding steroid dienone is 4. The number of hydrogen-bond acceptors (Lipinski definition) is 2. The highest BCUT2D eigenvalue weighted by molar-refractivity contribution is 5.82. The van der Waals surface area contributed by atoms with E-state index in [4.69, 9.17) is 0 Å². The molecule has 0 aliphatic rings. The molecular formula is C10H14O2. The summed E-state index contributed by atoms with van der Waals surface area (Å²) in [7, 11) is 0. The first-order chi connectivity index (χ1) is 5.81. The number of carbonyl (C=O) groups excluding carboxylic acids is 1. The Bertz CT molecular complexity index is 200. The van der Waals surface area contributed by atoms with Gasteiger partial charge in [-0.3, -0.25) is 0 Å². The average Bonchev–Trinajstić information content (AvgIpc) is 2.06. The van der Waals surface area contributed by atoms with Gasteiger partial charge in [-0.05, 0) is 19.4 Å². The molecule has 0 bridgehead atoms. The molecule has 0 radical (unpaired) electrons. The summed E-state index contributed by atoms with van der Waals surface area (Å²) in [5.74, 6) is -0.349. The zero-order valence-corrected chi connectivity index (χ0v) is 7.49. The van der Waals surface area contributed by atoms with Crippen LogP contribution in [0, 0.1) is 0 Å². The lowest BCUT2D eigenvalue weighted by Gasteiger charge is -1.89. The Labute approximate surface area is 73.2 Å². The highest BCUT2D eigenvalue weighted by Crippen LogP contribution is 1.86. The average molecular weight is 166 g/mol. The van der Waals surface area contributed by atoms with E-state index < -0.39 is 0 Å². The molecule has 0 aliphatic carbocycles. The quantitative estimate of drug-likeness (QED) is 0.278. The number of carbonyl (C=O) groups is 1. The zero-order chi connectivity index (χ0) is 9.23. The van der Waals surface area contributed by atoms with Gasteiger partial charge in [0.05, 0.1) is 6.26 Å². The Kier molecular flexibility index (Phi) is 6.94. The fourth-order valence-corrected chi connectivity index (χ4v) is 0.496.